The van der Waals surface area contributed by atoms with Crippen LogP contribution in [-0.2, 0) is 111 Å². The van der Waals surface area contributed by atoms with Gasteiger partial charge in [0.25, 0.3) is 0 Å². The molecule has 538 valence electrons. The number of allylic oxidation sites excluding steroid dienone is 4. The first-order valence-corrected chi connectivity index (χ1v) is 31.6. The second kappa shape index (κ2) is 51.6. The predicted molar refractivity (Wildman–Crippen MR) is 400 cm³/mol. The molecule has 104 heavy (non-hydrogen) atoms. The van der Waals surface area contributed by atoms with Gasteiger partial charge in [-0.15, -0.1) is 167 Å². The summed E-state index contributed by atoms with van der Waals surface area (Å²) in [7, 11) is 0. The fourth-order valence-corrected chi connectivity index (χ4v) is 9.12. The number of aliphatic hydroxyl groups excluding tert-OH is 2. The van der Waals surface area contributed by atoms with Crippen molar-refractivity contribution in [2.45, 2.75) is 41.5 Å². The first kappa shape index (κ1) is 90.5. The summed E-state index contributed by atoms with van der Waals surface area (Å²) >= 11 is 0. The number of hydrogen-bond donors (Lipinski definition) is 3. The van der Waals surface area contributed by atoms with E-state index in [9.17, 15) is 14.7 Å². The molecule has 16 heteroatoms. The zero-order valence-corrected chi connectivity index (χ0v) is 69.5. The summed E-state index contributed by atoms with van der Waals surface area (Å²) in [5.41, 5.74) is 16.3. The molecule has 0 bridgehead atoms. The van der Waals surface area contributed by atoms with E-state index in [2.05, 4.69) is 98.3 Å². The summed E-state index contributed by atoms with van der Waals surface area (Å²) in [6, 6.07) is 107. The number of hydrogen-bond acceptors (Lipinski definition) is 11. The minimum atomic E-state index is -0.125. The third kappa shape index (κ3) is 33.3. The van der Waals surface area contributed by atoms with Crippen molar-refractivity contribution >= 4 is 22.3 Å². The number of pyridine rings is 6. The first-order chi connectivity index (χ1) is 48.2. The Kier molecular flexibility index (Phi) is 44.9. The number of aromatic hydroxyl groups is 1. The molecule has 0 aliphatic rings. The number of aliphatic hydroxyl groups is 2. The second-order valence-corrected chi connectivity index (χ2v) is 21.7. The van der Waals surface area contributed by atoms with Gasteiger partial charge in [-0.05, 0) is 109 Å². The summed E-state index contributed by atoms with van der Waals surface area (Å²) in [6.07, 6.45) is 13.1. The Bertz CT molecular complexity index is 4600. The SMILES string of the molecule is CC(=O)C=C(C)O.CC(=O)C=C(C)O.Cc1c[c-]c(-c2ccccn2)cc1.Cc1cc[c-]c(-c2ccccn2)c1.Oc1ccccc1-c1ccccc1.[Ir].[Ir].[Ir].[Ir].[Pt].[c-]1c(-c2ccccn2)cccc1-c1ccccn1.[c-]1ccccc1-c1ccccn1.[c-]1ccccc1-c1nccc2ccccc12. The van der Waals surface area contributed by atoms with Crippen LogP contribution in [-0.4, -0.2) is 56.8 Å². The molecule has 6 heterocycles. The fraction of sp³-hybridized carbons (Fsp3) is 0.0682. The van der Waals surface area contributed by atoms with Crippen LogP contribution in [0.5, 0.6) is 5.75 Å². The number of fused-ring (bicyclic) bond motifs is 1. The molecule has 0 aliphatic heterocycles. The molecule has 6 aromatic heterocycles. The molecule has 0 spiro atoms. The number of phenolic OH excluding ortho intramolecular Hbond substituents is 1. The number of aromatic nitrogens is 6. The average Bonchev–Trinajstić information content (AvgIpc) is 0.815. The molecule has 8 aromatic carbocycles. The van der Waals surface area contributed by atoms with Crippen LogP contribution in [0.4, 0.5) is 0 Å². The summed E-state index contributed by atoms with van der Waals surface area (Å²) in [5, 5.41) is 28.7. The number of benzene rings is 8. The number of nitrogens with zero attached hydrogens (tertiary/aromatic N) is 6. The number of para-hydroxylation sites is 1. The molecule has 14 aromatic rings. The van der Waals surface area contributed by atoms with Gasteiger partial charge in [-0.25, -0.2) is 0 Å². The van der Waals surface area contributed by atoms with E-state index < -0.39 is 0 Å². The molecule has 0 amide bonds. The van der Waals surface area contributed by atoms with Gasteiger partial charge in [0.15, 0.2) is 11.6 Å². The average molecular weight is 2260 g/mol. The van der Waals surface area contributed by atoms with Gasteiger partial charge in [-0.2, -0.15) is 0 Å². The zero-order valence-electron chi connectivity index (χ0n) is 57.7. The third-order valence-electron chi connectivity index (χ3n) is 13.6. The van der Waals surface area contributed by atoms with Crippen molar-refractivity contribution in [1.29, 1.82) is 0 Å². The van der Waals surface area contributed by atoms with E-state index in [1.807, 2.05) is 255 Å². The molecule has 11 nitrogen and oxygen atoms in total. The molecule has 3 N–H and O–H groups in total. The maximum absolute atomic E-state index is 10.0. The Balaban J connectivity index is 0.000000407. The van der Waals surface area contributed by atoms with Gasteiger partial charge in [-0.1, -0.05) is 158 Å². The van der Waals surface area contributed by atoms with Crippen LogP contribution in [0.1, 0.15) is 38.8 Å². The standard InChI is InChI=1S/C16H11N2.C15H10N.2C12H10N.C12H10O.C11H8N.2C5H8O2.4Ir.Pt/c1-3-10-17-15(8-1)13-6-5-7-14(12-13)16-9-2-4-11-18-16;1-2-7-13(8-3-1)15-14-9-5-4-6-12(14)10-11-16-15;1-10-5-4-6-11(9-10)12-7-2-3-8-13-12;1-10-5-7-11(8-6-10)12-4-2-3-9-13-12;13-12-9-5-4-8-11(12)10-6-2-1-3-7-10;1-2-6-10(7-3-1)11-8-4-5-9-12-11;2*1-4(6)3-5(2)7;;;;;/h1-11H;1-7,9-11H;2-5,7-9H,1H3;2-7,9H,1H3;1-9,13H;1-6,8-9H;2*3,6H,1-2H3;;;;;/q4*-1;;-1;;;;;;;. The quantitative estimate of drug-likeness (QED) is 0.0713. The van der Waals surface area contributed by atoms with E-state index in [4.69, 9.17) is 10.2 Å². The van der Waals surface area contributed by atoms with E-state index in [0.717, 1.165) is 78.7 Å². The molecule has 0 atom stereocenters. The molecule has 0 saturated heterocycles. The second-order valence-electron chi connectivity index (χ2n) is 21.7. The number of phenols is 1. The van der Waals surface area contributed by atoms with Crippen LogP contribution < -0.4 is 0 Å². The van der Waals surface area contributed by atoms with E-state index in [1.54, 1.807) is 37.1 Å². The molecule has 14 rings (SSSR count). The summed E-state index contributed by atoms with van der Waals surface area (Å²) in [5.74, 6) is 0.203. The smallest absolute Gasteiger partial charge is 0.155 e. The first-order valence-electron chi connectivity index (χ1n) is 31.6. The number of carbonyl (C=O) groups excluding carboxylic acids is 2. The van der Waals surface area contributed by atoms with Crippen molar-refractivity contribution < 1.29 is 126 Å². The van der Waals surface area contributed by atoms with Crippen LogP contribution >= 0.6 is 0 Å². The van der Waals surface area contributed by atoms with E-state index >= 15 is 0 Å². The fourth-order valence-electron chi connectivity index (χ4n) is 9.12. The van der Waals surface area contributed by atoms with Gasteiger partial charge in [0, 0.05) is 168 Å². The number of rotatable bonds is 9. The van der Waals surface area contributed by atoms with Gasteiger partial charge in [0.1, 0.15) is 5.75 Å². The van der Waals surface area contributed by atoms with Crippen LogP contribution in [0.2, 0.25) is 0 Å². The number of ketones is 2. The largest absolute Gasteiger partial charge is 0.512 e. The van der Waals surface area contributed by atoms with Gasteiger partial charge in [0.05, 0.1) is 11.5 Å². The van der Waals surface area contributed by atoms with Crippen molar-refractivity contribution in [3.8, 4) is 84.4 Å². The number of carbonyl (C=O) groups is 2. The Morgan fingerprint density at radius 3 is 1.19 bits per heavy atom. The molecule has 0 saturated carbocycles. The predicted octanol–water partition coefficient (Wildman–Crippen LogP) is 20.7. The maximum Gasteiger partial charge on any atom is 0.155 e. The van der Waals surface area contributed by atoms with Crippen molar-refractivity contribution in [1.82, 2.24) is 29.9 Å². The van der Waals surface area contributed by atoms with Crippen LogP contribution in [0.3, 0.4) is 0 Å². The molecule has 0 fully saturated rings. The summed E-state index contributed by atoms with van der Waals surface area (Å²) < 4.78 is 0. The Labute approximate surface area is 679 Å². The number of aryl methyl sites for hydroxylation is 2. The van der Waals surface area contributed by atoms with Crippen molar-refractivity contribution in [3.63, 3.8) is 0 Å². The van der Waals surface area contributed by atoms with Gasteiger partial charge >= 0.3 is 0 Å². The van der Waals surface area contributed by atoms with Gasteiger partial charge in [0.2, 0.25) is 0 Å². The minimum Gasteiger partial charge on any atom is -0.512 e. The van der Waals surface area contributed by atoms with E-state index in [0.29, 0.717) is 5.75 Å². The van der Waals surface area contributed by atoms with Crippen molar-refractivity contribution in [2.24, 2.45) is 0 Å². The van der Waals surface area contributed by atoms with Crippen molar-refractivity contribution in [3.05, 3.63) is 381 Å². The maximum atomic E-state index is 10.0. The van der Waals surface area contributed by atoms with Gasteiger partial charge < -0.3 is 35.3 Å². The Hall–Kier alpha value is -9.57. The monoisotopic (exact) mass is 2260 g/mol. The van der Waals surface area contributed by atoms with Crippen LogP contribution in [0.15, 0.2) is 340 Å². The molecule has 0 unspecified atom stereocenters. The summed E-state index contributed by atoms with van der Waals surface area (Å²) in [4.78, 5) is 45.9. The summed E-state index contributed by atoms with van der Waals surface area (Å²) in [6.45, 7) is 9.82. The normalized spacial score (nSPS) is 9.75. The third-order valence-corrected chi connectivity index (χ3v) is 13.6. The molecular formula is C88H75Ir4N6O5Pt-5. The Morgan fingerprint density at radius 1 is 0.356 bits per heavy atom. The zero-order chi connectivity index (χ0) is 70.2. The molecule has 0 aliphatic carbocycles. The molecular weight excluding hydrogens is 2180 g/mol. The Morgan fingerprint density at radius 2 is 0.769 bits per heavy atom. The van der Waals surface area contributed by atoms with Gasteiger partial charge in [-0.3, -0.25) is 19.6 Å². The minimum absolute atomic E-state index is 0. The molecule has 4 radical (unpaired) electrons. The topological polar surface area (TPSA) is 172 Å². The van der Waals surface area contributed by atoms with E-state index in [1.165, 1.54) is 61.7 Å². The van der Waals surface area contributed by atoms with Crippen LogP contribution in [0, 0.1) is 44.2 Å². The van der Waals surface area contributed by atoms with E-state index in [-0.39, 0.29) is 125 Å². The van der Waals surface area contributed by atoms with Crippen molar-refractivity contribution in [2.75, 3.05) is 0 Å². The van der Waals surface area contributed by atoms with Crippen LogP contribution in [0.25, 0.3) is 89.4 Å².